The number of aromatic nitrogens is 4. The zero-order valence-corrected chi connectivity index (χ0v) is 15.4. The molecule has 1 fully saturated rings. The maximum Gasteiger partial charge on any atom is 0.453 e. The number of anilines is 1. The predicted octanol–water partition coefficient (Wildman–Crippen LogP) is 4.17. The number of rotatable bonds is 2. The average molecular weight is 436 g/mol. The lowest BCUT2D eigenvalue weighted by molar-refractivity contribution is -0.146. The lowest BCUT2D eigenvalue weighted by atomic mass is 10.1. The van der Waals surface area contributed by atoms with Gasteiger partial charge in [-0.15, -0.1) is 15.3 Å². The summed E-state index contributed by atoms with van der Waals surface area (Å²) >= 11 is 11.9. The Bertz CT molecular complexity index is 1040. The topological polar surface area (TPSA) is 55.6 Å². The van der Waals surface area contributed by atoms with Crippen LogP contribution in [0.15, 0.2) is 24.3 Å². The van der Waals surface area contributed by atoms with Crippen molar-refractivity contribution in [2.45, 2.75) is 12.3 Å². The van der Waals surface area contributed by atoms with E-state index in [4.69, 9.17) is 27.9 Å². The van der Waals surface area contributed by atoms with Crippen LogP contribution >= 0.6 is 23.2 Å². The first-order valence-electron chi connectivity index (χ1n) is 8.04. The molecule has 1 saturated heterocycles. The van der Waals surface area contributed by atoms with Crippen LogP contribution in [0.3, 0.4) is 0 Å². The van der Waals surface area contributed by atoms with E-state index in [0.717, 1.165) is 0 Å². The molecule has 0 bridgehead atoms. The largest absolute Gasteiger partial charge is 0.453 e. The van der Waals surface area contributed by atoms with Crippen molar-refractivity contribution in [1.29, 1.82) is 0 Å². The Morgan fingerprint density at radius 3 is 2.64 bits per heavy atom. The van der Waals surface area contributed by atoms with Crippen LogP contribution in [0.5, 0.6) is 0 Å². The molecule has 0 aliphatic carbocycles. The van der Waals surface area contributed by atoms with Crippen LogP contribution < -0.4 is 4.90 Å². The second-order valence-electron chi connectivity index (χ2n) is 6.08. The maximum atomic E-state index is 13.8. The van der Waals surface area contributed by atoms with E-state index in [9.17, 15) is 17.6 Å². The van der Waals surface area contributed by atoms with Crippen molar-refractivity contribution in [3.8, 4) is 0 Å². The molecule has 12 heteroatoms. The summed E-state index contributed by atoms with van der Waals surface area (Å²) in [6.45, 7) is 0.841. The maximum absolute atomic E-state index is 13.8. The molecule has 148 valence electrons. The highest BCUT2D eigenvalue weighted by molar-refractivity contribution is 6.35. The minimum Gasteiger partial charge on any atom is -0.370 e. The van der Waals surface area contributed by atoms with Crippen LogP contribution in [0, 0.1) is 5.82 Å². The van der Waals surface area contributed by atoms with Gasteiger partial charge in [0.25, 0.3) is 5.82 Å². The third-order valence-corrected chi connectivity index (χ3v) is 4.90. The Balaban J connectivity index is 1.66. The van der Waals surface area contributed by atoms with Crippen LogP contribution in [0.25, 0.3) is 5.65 Å². The van der Waals surface area contributed by atoms with Crippen LogP contribution in [0.4, 0.5) is 23.4 Å². The highest BCUT2D eigenvalue weighted by Crippen LogP contribution is 2.33. The van der Waals surface area contributed by atoms with Crippen LogP contribution in [-0.4, -0.2) is 39.5 Å². The molecule has 0 N–H and O–H groups in total. The fraction of sp³-hybridized carbons (Fsp3) is 0.312. The molecule has 6 nitrogen and oxygen atoms in total. The van der Waals surface area contributed by atoms with E-state index < -0.39 is 23.9 Å². The lowest BCUT2D eigenvalue weighted by Crippen LogP contribution is -2.39. The van der Waals surface area contributed by atoms with Crippen molar-refractivity contribution in [3.05, 3.63) is 51.5 Å². The zero-order valence-electron chi connectivity index (χ0n) is 13.9. The molecule has 1 unspecified atom stereocenters. The Morgan fingerprint density at radius 1 is 1.11 bits per heavy atom. The quantitative estimate of drug-likeness (QED) is 0.446. The number of nitrogens with zero attached hydrogens (tertiary/aromatic N) is 5. The molecule has 0 spiro atoms. The smallest absolute Gasteiger partial charge is 0.370 e. The molecule has 4 rings (SSSR count). The summed E-state index contributed by atoms with van der Waals surface area (Å²) in [4.78, 5) is 1.72. The zero-order chi connectivity index (χ0) is 20.1. The number of benzene rings is 1. The average Bonchev–Trinajstić information content (AvgIpc) is 3.08. The van der Waals surface area contributed by atoms with Gasteiger partial charge in [0.05, 0.1) is 11.6 Å². The first kappa shape index (κ1) is 19.2. The normalized spacial score (nSPS) is 18.1. The van der Waals surface area contributed by atoms with E-state index in [1.165, 1.54) is 24.3 Å². The molecule has 3 heterocycles. The van der Waals surface area contributed by atoms with E-state index in [-0.39, 0.29) is 34.7 Å². The Hall–Kier alpha value is -2.17. The molecule has 0 saturated carbocycles. The number of halogens is 6. The number of morpholine rings is 1. The minimum atomic E-state index is -4.69. The van der Waals surface area contributed by atoms with Gasteiger partial charge in [0.2, 0.25) is 0 Å². The molecule has 0 radical (unpaired) electrons. The summed E-state index contributed by atoms with van der Waals surface area (Å²) in [7, 11) is 0. The van der Waals surface area contributed by atoms with Gasteiger partial charge in [-0.2, -0.15) is 17.7 Å². The molecule has 1 aromatic carbocycles. The van der Waals surface area contributed by atoms with Crippen molar-refractivity contribution in [2.24, 2.45) is 0 Å². The monoisotopic (exact) mass is 435 g/mol. The molecule has 1 atom stereocenters. The minimum absolute atomic E-state index is 0.0244. The van der Waals surface area contributed by atoms with Crippen molar-refractivity contribution < 1.29 is 22.3 Å². The number of hydrogen-bond acceptors (Lipinski definition) is 5. The Labute approximate surface area is 165 Å². The summed E-state index contributed by atoms with van der Waals surface area (Å²) in [6, 6.07) is 5.41. The summed E-state index contributed by atoms with van der Waals surface area (Å²) in [6.07, 6.45) is -5.29. The molecule has 2 aromatic heterocycles. The summed E-state index contributed by atoms with van der Waals surface area (Å²) < 4.78 is 59.3. The number of ether oxygens (including phenoxy) is 1. The van der Waals surface area contributed by atoms with E-state index in [0.29, 0.717) is 16.6 Å². The fourth-order valence-corrected chi connectivity index (χ4v) is 3.46. The van der Waals surface area contributed by atoms with Crippen LogP contribution in [0.1, 0.15) is 17.5 Å². The van der Waals surface area contributed by atoms with Gasteiger partial charge in [-0.25, -0.2) is 4.39 Å². The van der Waals surface area contributed by atoms with Gasteiger partial charge in [0, 0.05) is 23.7 Å². The van der Waals surface area contributed by atoms with Gasteiger partial charge < -0.3 is 9.64 Å². The number of fused-ring (bicyclic) bond motifs is 1. The third kappa shape index (κ3) is 3.47. The van der Waals surface area contributed by atoms with E-state index >= 15 is 0 Å². The fourth-order valence-electron chi connectivity index (χ4n) is 2.95. The van der Waals surface area contributed by atoms with Gasteiger partial charge in [-0.05, 0) is 24.3 Å². The summed E-state index contributed by atoms with van der Waals surface area (Å²) in [5.41, 5.74) is 0.373. The van der Waals surface area contributed by atoms with Gasteiger partial charge in [0.1, 0.15) is 17.7 Å². The second-order valence-corrected chi connectivity index (χ2v) is 6.89. The number of hydrogen-bond donors (Lipinski definition) is 0. The highest BCUT2D eigenvalue weighted by Gasteiger charge is 2.38. The Kier molecular flexibility index (Phi) is 4.80. The van der Waals surface area contributed by atoms with Crippen molar-refractivity contribution in [1.82, 2.24) is 19.8 Å². The standard InChI is InChI=1S/C16H11Cl2F4N5O/c17-9-6-10(18)11(19)5-8(9)12-7-26(3-4-28-12)14-2-1-13-23-24-15(16(20,21)22)27(13)25-14/h1-2,5-6,12H,3-4,7H2. The molecule has 1 aliphatic heterocycles. The summed E-state index contributed by atoms with van der Waals surface area (Å²) in [5.74, 6) is -1.57. The van der Waals surface area contributed by atoms with Crippen LogP contribution in [0.2, 0.25) is 10.0 Å². The van der Waals surface area contributed by atoms with Crippen molar-refractivity contribution >= 4 is 34.7 Å². The van der Waals surface area contributed by atoms with Gasteiger partial charge in [-0.3, -0.25) is 0 Å². The summed E-state index contributed by atoms with van der Waals surface area (Å²) in [5, 5.41) is 10.8. The third-order valence-electron chi connectivity index (χ3n) is 4.28. The molecule has 3 aromatic rings. The van der Waals surface area contributed by atoms with Crippen LogP contribution in [-0.2, 0) is 10.9 Å². The van der Waals surface area contributed by atoms with E-state index in [1.54, 1.807) is 4.90 Å². The van der Waals surface area contributed by atoms with E-state index in [2.05, 4.69) is 15.3 Å². The number of alkyl halides is 3. The molecular formula is C16H11Cl2F4N5O. The SMILES string of the molecule is Fc1cc(C2CN(c3ccc4nnc(C(F)(F)F)n4n3)CCO2)c(Cl)cc1Cl. The van der Waals surface area contributed by atoms with Crippen molar-refractivity contribution in [3.63, 3.8) is 0 Å². The van der Waals surface area contributed by atoms with Gasteiger partial charge in [-0.1, -0.05) is 23.2 Å². The van der Waals surface area contributed by atoms with E-state index in [1.807, 2.05) is 0 Å². The predicted molar refractivity (Wildman–Crippen MR) is 93.1 cm³/mol. The second kappa shape index (κ2) is 7.02. The molecular weight excluding hydrogens is 425 g/mol. The highest BCUT2D eigenvalue weighted by atomic mass is 35.5. The Morgan fingerprint density at radius 2 is 1.89 bits per heavy atom. The first-order chi connectivity index (χ1) is 13.2. The molecule has 28 heavy (non-hydrogen) atoms. The van der Waals surface area contributed by atoms with Gasteiger partial charge in [0.15, 0.2) is 5.65 Å². The molecule has 0 amide bonds. The van der Waals surface area contributed by atoms with Crippen molar-refractivity contribution in [2.75, 3.05) is 24.6 Å². The lowest BCUT2D eigenvalue weighted by Gasteiger charge is -2.34. The van der Waals surface area contributed by atoms with Gasteiger partial charge >= 0.3 is 6.18 Å². The first-order valence-corrected chi connectivity index (χ1v) is 8.80. The molecule has 1 aliphatic rings.